The third-order valence-electron chi connectivity index (χ3n) is 6.34. The number of benzene rings is 3. The van der Waals surface area contributed by atoms with Gasteiger partial charge in [-0.2, -0.15) is 0 Å². The summed E-state index contributed by atoms with van der Waals surface area (Å²) in [7, 11) is 6.32. The topological polar surface area (TPSA) is 17.8 Å². The van der Waals surface area contributed by atoms with Gasteiger partial charge in [-0.05, 0) is 48.6 Å². The maximum Gasteiger partial charge on any atom is 0.145 e. The molecule has 2 radical (unpaired) electrons. The van der Waals surface area contributed by atoms with E-state index in [2.05, 4.69) is 78.2 Å². The molecule has 29 heavy (non-hydrogen) atoms. The zero-order chi connectivity index (χ0) is 19.8. The van der Waals surface area contributed by atoms with Crippen molar-refractivity contribution in [1.82, 2.24) is 9.55 Å². The van der Waals surface area contributed by atoms with Gasteiger partial charge >= 0.3 is 0 Å². The van der Waals surface area contributed by atoms with Gasteiger partial charge in [0.2, 0.25) is 0 Å². The first-order valence-electron chi connectivity index (χ1n) is 10.5. The molecule has 1 fully saturated rings. The third-order valence-corrected chi connectivity index (χ3v) is 6.34. The number of hydrogen-bond donors (Lipinski definition) is 0. The standard InChI is InChI=1S/C26H25BN2/c1-26(27)17-15-20(16-18-26)19-11-13-21(14-12-19)25-28-23-9-5-6-10-24(23)29(25)22-7-3-2-4-8-22/h2-14,20H,15-18H2,1H3. The number of nitrogens with zero attached hydrogens (tertiary/aromatic N) is 2. The Kier molecular flexibility index (Phi) is 4.54. The largest absolute Gasteiger partial charge is 0.292 e. The lowest BCUT2D eigenvalue weighted by atomic mass is 9.59. The molecule has 0 bridgehead atoms. The van der Waals surface area contributed by atoms with Crippen LogP contribution in [0.15, 0.2) is 78.9 Å². The molecule has 1 heterocycles. The van der Waals surface area contributed by atoms with Gasteiger partial charge < -0.3 is 0 Å². The van der Waals surface area contributed by atoms with Crippen LogP contribution in [0.25, 0.3) is 28.1 Å². The zero-order valence-electron chi connectivity index (χ0n) is 16.9. The average molecular weight is 376 g/mol. The molecule has 142 valence electrons. The third kappa shape index (κ3) is 3.50. The molecule has 0 saturated heterocycles. The molecular formula is C26H25BN2. The Bertz CT molecular complexity index is 1120. The second-order valence-corrected chi connectivity index (χ2v) is 8.65. The molecule has 0 amide bonds. The molecule has 1 aliphatic carbocycles. The smallest absolute Gasteiger partial charge is 0.145 e. The van der Waals surface area contributed by atoms with Crippen LogP contribution >= 0.6 is 0 Å². The Labute approximate surface area is 174 Å². The molecule has 3 aromatic carbocycles. The van der Waals surface area contributed by atoms with Crippen molar-refractivity contribution in [1.29, 1.82) is 0 Å². The summed E-state index contributed by atoms with van der Waals surface area (Å²) in [6.07, 6.45) is 4.55. The number of fused-ring (bicyclic) bond motifs is 1. The second-order valence-electron chi connectivity index (χ2n) is 8.65. The van der Waals surface area contributed by atoms with Gasteiger partial charge in [-0.25, -0.2) is 4.98 Å². The Morgan fingerprint density at radius 3 is 2.24 bits per heavy atom. The fourth-order valence-electron chi connectivity index (χ4n) is 4.57. The summed E-state index contributed by atoms with van der Waals surface area (Å²) < 4.78 is 2.25. The van der Waals surface area contributed by atoms with Gasteiger partial charge in [-0.3, -0.25) is 4.57 Å². The molecule has 0 atom stereocenters. The molecule has 4 aromatic rings. The number of para-hydroxylation sites is 3. The summed E-state index contributed by atoms with van der Waals surface area (Å²) >= 11 is 0. The summed E-state index contributed by atoms with van der Waals surface area (Å²) in [5.74, 6) is 1.61. The highest BCUT2D eigenvalue weighted by Gasteiger charge is 2.27. The monoisotopic (exact) mass is 376 g/mol. The van der Waals surface area contributed by atoms with Gasteiger partial charge in [0.05, 0.1) is 18.9 Å². The van der Waals surface area contributed by atoms with Crippen molar-refractivity contribution in [2.45, 2.75) is 43.8 Å². The van der Waals surface area contributed by atoms with Crippen molar-refractivity contribution in [2.75, 3.05) is 0 Å². The number of imidazole rings is 1. The van der Waals surface area contributed by atoms with Crippen LogP contribution in [0, 0.1) is 0 Å². The van der Waals surface area contributed by atoms with Gasteiger partial charge in [0.25, 0.3) is 0 Å². The zero-order valence-corrected chi connectivity index (χ0v) is 16.9. The minimum atomic E-state index is 0.0109. The fourth-order valence-corrected chi connectivity index (χ4v) is 4.57. The fraction of sp³-hybridized carbons (Fsp3) is 0.269. The van der Waals surface area contributed by atoms with Crippen molar-refractivity contribution >= 4 is 18.9 Å². The predicted molar refractivity (Wildman–Crippen MR) is 122 cm³/mol. The van der Waals surface area contributed by atoms with E-state index in [1.165, 1.54) is 18.4 Å². The van der Waals surface area contributed by atoms with Crippen LogP contribution in [0.1, 0.15) is 44.1 Å². The van der Waals surface area contributed by atoms with Gasteiger partial charge in [-0.1, -0.05) is 79.7 Å². The summed E-state index contributed by atoms with van der Waals surface area (Å²) in [4.78, 5) is 4.97. The maximum atomic E-state index is 6.32. The lowest BCUT2D eigenvalue weighted by Crippen LogP contribution is -2.17. The molecular weight excluding hydrogens is 351 g/mol. The number of aromatic nitrogens is 2. The van der Waals surface area contributed by atoms with Crippen molar-refractivity contribution < 1.29 is 0 Å². The SMILES string of the molecule is [B]C1(C)CCC(c2ccc(-c3nc4ccccc4n3-c3ccccc3)cc2)CC1. The van der Waals surface area contributed by atoms with E-state index >= 15 is 0 Å². The lowest BCUT2D eigenvalue weighted by Gasteiger charge is -2.35. The van der Waals surface area contributed by atoms with E-state index in [1.54, 1.807) is 0 Å². The number of rotatable bonds is 3. The highest BCUT2D eigenvalue weighted by atomic mass is 15.1. The summed E-state index contributed by atoms with van der Waals surface area (Å²) in [5, 5.41) is 0.0109. The molecule has 1 aromatic heterocycles. The van der Waals surface area contributed by atoms with Crippen molar-refractivity contribution in [3.63, 3.8) is 0 Å². The summed E-state index contributed by atoms with van der Waals surface area (Å²) in [6, 6.07) is 27.8. The van der Waals surface area contributed by atoms with Crippen LogP contribution in [-0.4, -0.2) is 17.4 Å². The Hall–Kier alpha value is -2.81. The van der Waals surface area contributed by atoms with Crippen LogP contribution in [0.4, 0.5) is 0 Å². The molecule has 0 unspecified atom stereocenters. The van der Waals surface area contributed by atoms with Crippen molar-refractivity contribution in [3.8, 4) is 17.1 Å². The molecule has 1 saturated carbocycles. The Balaban J connectivity index is 1.53. The second kappa shape index (κ2) is 7.22. The minimum Gasteiger partial charge on any atom is -0.292 e. The number of hydrogen-bond acceptors (Lipinski definition) is 1. The van der Waals surface area contributed by atoms with Gasteiger partial charge in [0, 0.05) is 11.3 Å². The molecule has 0 aliphatic heterocycles. The first kappa shape index (κ1) is 18.2. The first-order valence-corrected chi connectivity index (χ1v) is 10.5. The Morgan fingerprint density at radius 2 is 1.52 bits per heavy atom. The molecule has 0 N–H and O–H groups in total. The first-order chi connectivity index (χ1) is 14.1. The highest BCUT2D eigenvalue weighted by molar-refractivity contribution is 6.14. The highest BCUT2D eigenvalue weighted by Crippen LogP contribution is 2.45. The van der Waals surface area contributed by atoms with E-state index in [0.717, 1.165) is 41.0 Å². The van der Waals surface area contributed by atoms with Crippen LogP contribution < -0.4 is 0 Å². The van der Waals surface area contributed by atoms with Gasteiger partial charge in [0.1, 0.15) is 5.82 Å². The van der Waals surface area contributed by atoms with Crippen LogP contribution in [-0.2, 0) is 0 Å². The van der Waals surface area contributed by atoms with E-state index in [1.807, 2.05) is 12.1 Å². The average Bonchev–Trinajstić information content (AvgIpc) is 3.14. The molecule has 1 aliphatic rings. The van der Waals surface area contributed by atoms with Crippen LogP contribution in [0.3, 0.4) is 0 Å². The molecule has 0 spiro atoms. The Morgan fingerprint density at radius 1 is 0.862 bits per heavy atom. The van der Waals surface area contributed by atoms with Crippen molar-refractivity contribution in [3.05, 3.63) is 84.4 Å². The van der Waals surface area contributed by atoms with Crippen LogP contribution in [0.2, 0.25) is 5.31 Å². The van der Waals surface area contributed by atoms with Crippen molar-refractivity contribution in [2.24, 2.45) is 0 Å². The van der Waals surface area contributed by atoms with E-state index in [0.29, 0.717) is 5.92 Å². The predicted octanol–water partition coefficient (Wildman–Crippen LogP) is 6.70. The quantitative estimate of drug-likeness (QED) is 0.364. The van der Waals surface area contributed by atoms with E-state index < -0.39 is 0 Å². The molecule has 5 rings (SSSR count). The van der Waals surface area contributed by atoms with Gasteiger partial charge in [0.15, 0.2) is 0 Å². The minimum absolute atomic E-state index is 0.0109. The van der Waals surface area contributed by atoms with Crippen LogP contribution in [0.5, 0.6) is 0 Å². The summed E-state index contributed by atoms with van der Waals surface area (Å²) in [5.41, 5.74) is 5.85. The summed E-state index contributed by atoms with van der Waals surface area (Å²) in [6.45, 7) is 2.18. The normalized spacial score (nSPS) is 22.0. The van der Waals surface area contributed by atoms with Gasteiger partial charge in [-0.15, -0.1) is 0 Å². The molecule has 3 heteroatoms. The maximum absolute atomic E-state index is 6.32. The molecule has 2 nitrogen and oxygen atoms in total. The van der Waals surface area contributed by atoms with E-state index in [4.69, 9.17) is 12.8 Å². The lowest BCUT2D eigenvalue weighted by molar-refractivity contribution is 0.364. The van der Waals surface area contributed by atoms with E-state index in [9.17, 15) is 0 Å². The van der Waals surface area contributed by atoms with E-state index in [-0.39, 0.29) is 5.31 Å².